The fraction of sp³-hybridized carbons (Fsp3) is 0.294. The summed E-state index contributed by atoms with van der Waals surface area (Å²) >= 11 is 12.1. The first-order valence-electron chi connectivity index (χ1n) is 8.07. The van der Waals surface area contributed by atoms with E-state index >= 15 is 0 Å². The van der Waals surface area contributed by atoms with Crippen molar-refractivity contribution in [3.05, 3.63) is 51.7 Å². The smallest absolute Gasteiger partial charge is 0.325 e. The van der Waals surface area contributed by atoms with Crippen molar-refractivity contribution in [2.45, 2.75) is 24.1 Å². The van der Waals surface area contributed by atoms with E-state index in [0.29, 0.717) is 10.6 Å². The van der Waals surface area contributed by atoms with Crippen molar-refractivity contribution in [2.24, 2.45) is 0 Å². The van der Waals surface area contributed by atoms with Crippen LogP contribution in [0.2, 0.25) is 10.0 Å². The fourth-order valence-electron chi connectivity index (χ4n) is 2.84. The summed E-state index contributed by atoms with van der Waals surface area (Å²) in [5, 5.41) is 2.99. The lowest BCUT2D eigenvalue weighted by Crippen LogP contribution is -2.41. The zero-order valence-corrected chi connectivity index (χ0v) is 17.5. The van der Waals surface area contributed by atoms with Crippen molar-refractivity contribution in [1.29, 1.82) is 0 Å². The zero-order chi connectivity index (χ0) is 20.9. The molecule has 11 heteroatoms. The molecule has 0 saturated carbocycles. The van der Waals surface area contributed by atoms with E-state index in [4.69, 9.17) is 27.6 Å². The molecule has 1 aromatic heterocycles. The van der Waals surface area contributed by atoms with E-state index in [1.807, 2.05) is 0 Å². The average molecular weight is 446 g/mol. The zero-order valence-electron chi connectivity index (χ0n) is 15.2. The summed E-state index contributed by atoms with van der Waals surface area (Å²) in [6.07, 6.45) is 0. The maximum Gasteiger partial charge on any atom is 0.325 e. The number of urea groups is 1. The number of sulfonamides is 1. The molecule has 3 rings (SSSR count). The number of nitrogens with zero attached hydrogens (tertiary/aromatic N) is 2. The van der Waals surface area contributed by atoms with Gasteiger partial charge in [0, 0.05) is 29.7 Å². The second kappa shape index (κ2) is 7.07. The van der Waals surface area contributed by atoms with Gasteiger partial charge in [-0.15, -0.1) is 0 Å². The van der Waals surface area contributed by atoms with Crippen molar-refractivity contribution < 1.29 is 22.4 Å². The summed E-state index contributed by atoms with van der Waals surface area (Å²) in [4.78, 5) is 26.3. The molecule has 0 bridgehead atoms. The fourth-order valence-corrected chi connectivity index (χ4v) is 4.25. The number of hydrogen-bond acceptors (Lipinski definition) is 5. The predicted octanol–water partition coefficient (Wildman–Crippen LogP) is 2.80. The lowest BCUT2D eigenvalue weighted by atomic mass is 9.92. The molecular formula is C17H17Cl2N3O5S. The van der Waals surface area contributed by atoms with Gasteiger partial charge in [0.2, 0.25) is 5.09 Å². The third kappa shape index (κ3) is 3.39. The third-order valence-electron chi connectivity index (χ3n) is 4.43. The minimum absolute atomic E-state index is 0.148. The number of benzene rings is 1. The molecule has 0 aliphatic carbocycles. The van der Waals surface area contributed by atoms with Gasteiger partial charge in [0.05, 0.1) is 6.54 Å². The number of hydrogen-bond donors (Lipinski definition) is 1. The number of furan rings is 1. The second-order valence-corrected chi connectivity index (χ2v) is 9.51. The number of rotatable bonds is 5. The van der Waals surface area contributed by atoms with Crippen LogP contribution in [0.3, 0.4) is 0 Å². The Hall–Kier alpha value is -2.07. The maximum absolute atomic E-state index is 13.0. The van der Waals surface area contributed by atoms with E-state index in [-0.39, 0.29) is 22.4 Å². The Labute approximate surface area is 172 Å². The van der Waals surface area contributed by atoms with Crippen LogP contribution in [0.25, 0.3) is 0 Å². The molecule has 1 N–H and O–H groups in total. The molecule has 150 valence electrons. The molecule has 1 aromatic carbocycles. The number of carbonyl (C=O) groups is 2. The summed E-state index contributed by atoms with van der Waals surface area (Å²) in [5.74, 6) is -0.398. The van der Waals surface area contributed by atoms with Crippen LogP contribution in [0.4, 0.5) is 4.79 Å². The first-order valence-corrected chi connectivity index (χ1v) is 10.3. The Balaban J connectivity index is 1.88. The molecule has 1 unspecified atom stereocenters. The largest absolute Gasteiger partial charge is 0.446 e. The number of nitrogens with one attached hydrogen (secondary N) is 1. The van der Waals surface area contributed by atoms with Crippen molar-refractivity contribution in [3.8, 4) is 0 Å². The normalized spacial score (nSPS) is 20.1. The standard InChI is InChI=1S/C17H17Cl2N3O5S/c1-17(12-6-4-10(18)8-13(12)19)15(23)22(16(24)20-17)9-11-5-7-14(27-11)28(25,26)21(2)3/h4-8H,9H2,1-3H3,(H,20,24). The monoisotopic (exact) mass is 445 g/mol. The SMILES string of the molecule is CN(C)S(=O)(=O)c1ccc(CN2C(=O)NC(C)(c3ccc(Cl)cc3Cl)C2=O)o1. The van der Waals surface area contributed by atoms with Crippen LogP contribution in [0.5, 0.6) is 0 Å². The lowest BCUT2D eigenvalue weighted by Gasteiger charge is -2.23. The third-order valence-corrected chi connectivity index (χ3v) is 6.67. The maximum atomic E-state index is 13.0. The average Bonchev–Trinajstić information content (AvgIpc) is 3.15. The Bertz CT molecular complexity index is 1070. The van der Waals surface area contributed by atoms with Gasteiger partial charge in [-0.3, -0.25) is 9.69 Å². The Kier molecular flexibility index (Phi) is 5.22. The van der Waals surface area contributed by atoms with E-state index in [9.17, 15) is 18.0 Å². The highest BCUT2D eigenvalue weighted by Gasteiger charge is 2.50. The number of imide groups is 1. The van der Waals surface area contributed by atoms with Gasteiger partial charge in [-0.2, -0.15) is 0 Å². The number of halogens is 2. The molecule has 1 aliphatic heterocycles. The molecule has 0 radical (unpaired) electrons. The van der Waals surface area contributed by atoms with Crippen LogP contribution in [0, 0.1) is 0 Å². The molecule has 1 fully saturated rings. The molecular weight excluding hydrogens is 429 g/mol. The van der Waals surface area contributed by atoms with Gasteiger partial charge in [0.1, 0.15) is 11.3 Å². The highest BCUT2D eigenvalue weighted by Crippen LogP contribution is 2.35. The number of carbonyl (C=O) groups excluding carboxylic acids is 2. The first-order chi connectivity index (χ1) is 13.0. The summed E-state index contributed by atoms with van der Waals surface area (Å²) in [7, 11) is -1.02. The van der Waals surface area contributed by atoms with Gasteiger partial charge in [-0.05, 0) is 31.2 Å². The molecule has 1 aliphatic rings. The highest BCUT2D eigenvalue weighted by atomic mass is 35.5. The van der Waals surface area contributed by atoms with Crippen molar-refractivity contribution in [2.75, 3.05) is 14.1 Å². The van der Waals surface area contributed by atoms with E-state index < -0.39 is 27.5 Å². The summed E-state index contributed by atoms with van der Waals surface area (Å²) in [6.45, 7) is 1.31. The van der Waals surface area contributed by atoms with E-state index in [1.165, 1.54) is 39.2 Å². The van der Waals surface area contributed by atoms with Crippen molar-refractivity contribution >= 4 is 45.2 Å². The molecule has 8 nitrogen and oxygen atoms in total. The molecule has 0 spiro atoms. The van der Waals surface area contributed by atoms with Crippen LogP contribution < -0.4 is 5.32 Å². The van der Waals surface area contributed by atoms with Gasteiger partial charge in [0.25, 0.3) is 15.9 Å². The van der Waals surface area contributed by atoms with E-state index in [2.05, 4.69) is 5.32 Å². The van der Waals surface area contributed by atoms with Gasteiger partial charge >= 0.3 is 6.03 Å². The molecule has 2 heterocycles. The van der Waals surface area contributed by atoms with Gasteiger partial charge < -0.3 is 9.73 Å². The van der Waals surface area contributed by atoms with E-state index in [0.717, 1.165) is 9.21 Å². The first kappa shape index (κ1) is 20.7. The summed E-state index contributed by atoms with van der Waals surface area (Å²) in [5.41, 5.74) is -0.987. The Morgan fingerprint density at radius 3 is 2.46 bits per heavy atom. The molecule has 3 amide bonds. The van der Waals surface area contributed by atoms with Crippen molar-refractivity contribution in [1.82, 2.24) is 14.5 Å². The highest BCUT2D eigenvalue weighted by molar-refractivity contribution is 7.88. The Morgan fingerprint density at radius 1 is 1.18 bits per heavy atom. The Morgan fingerprint density at radius 2 is 1.86 bits per heavy atom. The van der Waals surface area contributed by atoms with Crippen LogP contribution in [-0.2, 0) is 26.9 Å². The molecule has 28 heavy (non-hydrogen) atoms. The summed E-state index contributed by atoms with van der Waals surface area (Å²) in [6, 6.07) is 6.66. The van der Waals surface area contributed by atoms with Crippen LogP contribution >= 0.6 is 23.2 Å². The van der Waals surface area contributed by atoms with Gasteiger partial charge in [0.15, 0.2) is 0 Å². The predicted molar refractivity (Wildman–Crippen MR) is 102 cm³/mol. The lowest BCUT2D eigenvalue weighted by molar-refractivity contribution is -0.131. The summed E-state index contributed by atoms with van der Waals surface area (Å²) < 4.78 is 30.6. The van der Waals surface area contributed by atoms with Crippen molar-refractivity contribution in [3.63, 3.8) is 0 Å². The minimum Gasteiger partial charge on any atom is -0.446 e. The molecule has 2 aromatic rings. The van der Waals surface area contributed by atoms with Crippen LogP contribution in [-0.4, -0.2) is 43.7 Å². The van der Waals surface area contributed by atoms with Gasteiger partial charge in [-0.25, -0.2) is 17.5 Å². The van der Waals surface area contributed by atoms with Crippen LogP contribution in [0.15, 0.2) is 39.8 Å². The van der Waals surface area contributed by atoms with Gasteiger partial charge in [-0.1, -0.05) is 29.3 Å². The number of amides is 3. The van der Waals surface area contributed by atoms with Crippen LogP contribution in [0.1, 0.15) is 18.2 Å². The quantitative estimate of drug-likeness (QED) is 0.713. The molecule has 1 atom stereocenters. The van der Waals surface area contributed by atoms with E-state index in [1.54, 1.807) is 12.1 Å². The second-order valence-electron chi connectivity index (χ2n) is 6.58. The minimum atomic E-state index is -3.76. The molecule has 1 saturated heterocycles. The topological polar surface area (TPSA) is 99.9 Å².